The van der Waals surface area contributed by atoms with Gasteiger partial charge in [-0.25, -0.2) is 9.59 Å². The van der Waals surface area contributed by atoms with Gasteiger partial charge >= 0.3 is 11.8 Å². The van der Waals surface area contributed by atoms with Crippen LogP contribution in [-0.2, 0) is 0 Å². The van der Waals surface area contributed by atoms with Crippen molar-refractivity contribution in [3.05, 3.63) is 46.9 Å². The standard InChI is InChI=1S/C16H15N3O5/c1-22-10-4-6-11(13(8-10)23-2)18-15(20)17-9-3-5-12-14(7-9)24-16(21)19-12/h3-8H,1-2H3,(H,19,21)(H2,17,18,20). The van der Waals surface area contributed by atoms with Crippen molar-refractivity contribution in [1.29, 1.82) is 0 Å². The van der Waals surface area contributed by atoms with E-state index in [4.69, 9.17) is 13.9 Å². The topological polar surface area (TPSA) is 106 Å². The molecule has 0 bridgehead atoms. The summed E-state index contributed by atoms with van der Waals surface area (Å²) in [6, 6.07) is 9.43. The Hall–Kier alpha value is -3.42. The highest BCUT2D eigenvalue weighted by molar-refractivity contribution is 6.01. The average Bonchev–Trinajstić information content (AvgIpc) is 2.94. The number of methoxy groups -OCH3 is 2. The third-order valence-corrected chi connectivity index (χ3v) is 3.34. The number of nitrogens with one attached hydrogen (secondary N) is 3. The van der Waals surface area contributed by atoms with Crippen molar-refractivity contribution in [2.75, 3.05) is 24.9 Å². The Balaban J connectivity index is 1.75. The van der Waals surface area contributed by atoms with Crippen LogP contribution in [0.1, 0.15) is 0 Å². The van der Waals surface area contributed by atoms with Gasteiger partial charge in [0, 0.05) is 17.8 Å². The van der Waals surface area contributed by atoms with Crippen LogP contribution in [0.4, 0.5) is 16.2 Å². The second-order valence-corrected chi connectivity index (χ2v) is 4.87. The number of aromatic nitrogens is 1. The Morgan fingerprint density at radius 3 is 2.67 bits per heavy atom. The summed E-state index contributed by atoms with van der Waals surface area (Å²) >= 11 is 0. The molecule has 1 aromatic heterocycles. The average molecular weight is 329 g/mol. The summed E-state index contributed by atoms with van der Waals surface area (Å²) in [6.45, 7) is 0. The zero-order valence-electron chi connectivity index (χ0n) is 13.0. The van der Waals surface area contributed by atoms with Crippen molar-refractivity contribution >= 4 is 28.5 Å². The first-order valence-corrected chi connectivity index (χ1v) is 7.02. The lowest BCUT2D eigenvalue weighted by molar-refractivity contribution is 0.262. The second kappa shape index (κ2) is 6.37. The summed E-state index contributed by atoms with van der Waals surface area (Å²) in [7, 11) is 3.05. The van der Waals surface area contributed by atoms with Crippen LogP contribution in [0.5, 0.6) is 11.5 Å². The normalized spacial score (nSPS) is 10.4. The maximum absolute atomic E-state index is 12.1. The lowest BCUT2D eigenvalue weighted by Gasteiger charge is -2.12. The van der Waals surface area contributed by atoms with E-state index in [1.165, 1.54) is 7.11 Å². The number of urea groups is 1. The molecule has 0 unspecified atom stereocenters. The van der Waals surface area contributed by atoms with Gasteiger partial charge in [-0.1, -0.05) is 0 Å². The summed E-state index contributed by atoms with van der Waals surface area (Å²) in [5.74, 6) is 0.539. The van der Waals surface area contributed by atoms with Crippen LogP contribution in [0, 0.1) is 0 Å². The molecular weight excluding hydrogens is 314 g/mol. The van der Waals surface area contributed by atoms with Gasteiger partial charge in [0.1, 0.15) is 11.5 Å². The number of carbonyl (C=O) groups is 1. The van der Waals surface area contributed by atoms with E-state index >= 15 is 0 Å². The number of rotatable bonds is 4. The number of amides is 2. The first-order chi connectivity index (χ1) is 11.6. The Bertz CT molecular complexity index is 944. The molecule has 2 aromatic carbocycles. The highest BCUT2D eigenvalue weighted by atomic mass is 16.5. The van der Waals surface area contributed by atoms with E-state index < -0.39 is 11.8 Å². The van der Waals surface area contributed by atoms with Gasteiger partial charge in [-0.05, 0) is 24.3 Å². The van der Waals surface area contributed by atoms with Crippen LogP contribution in [0.2, 0.25) is 0 Å². The predicted molar refractivity (Wildman–Crippen MR) is 89.0 cm³/mol. The molecule has 0 radical (unpaired) electrons. The maximum Gasteiger partial charge on any atom is 0.417 e. The van der Waals surface area contributed by atoms with Crippen LogP contribution in [0.15, 0.2) is 45.6 Å². The monoisotopic (exact) mass is 329 g/mol. The summed E-state index contributed by atoms with van der Waals surface area (Å²) in [4.78, 5) is 25.8. The molecule has 0 aliphatic rings. The van der Waals surface area contributed by atoms with Crippen LogP contribution < -0.4 is 25.9 Å². The third-order valence-electron chi connectivity index (χ3n) is 3.34. The Morgan fingerprint density at radius 1 is 1.08 bits per heavy atom. The number of aromatic amines is 1. The molecule has 0 aliphatic heterocycles. The zero-order chi connectivity index (χ0) is 17.1. The zero-order valence-corrected chi connectivity index (χ0v) is 13.0. The van der Waals surface area contributed by atoms with E-state index in [1.54, 1.807) is 43.5 Å². The molecule has 124 valence electrons. The fourth-order valence-corrected chi connectivity index (χ4v) is 2.21. The molecule has 0 fully saturated rings. The largest absolute Gasteiger partial charge is 0.497 e. The summed E-state index contributed by atoms with van der Waals surface area (Å²) in [5.41, 5.74) is 1.89. The first kappa shape index (κ1) is 15.5. The molecule has 3 N–H and O–H groups in total. The SMILES string of the molecule is COc1ccc(NC(=O)Nc2ccc3[nH]c(=O)oc3c2)c(OC)c1. The lowest BCUT2D eigenvalue weighted by Crippen LogP contribution is -2.19. The molecule has 8 heteroatoms. The van der Waals surface area contributed by atoms with Crippen molar-refractivity contribution in [3.63, 3.8) is 0 Å². The minimum absolute atomic E-state index is 0.361. The van der Waals surface area contributed by atoms with Gasteiger partial charge in [0.05, 0.1) is 25.4 Å². The fourth-order valence-electron chi connectivity index (χ4n) is 2.21. The van der Waals surface area contributed by atoms with Crippen molar-refractivity contribution in [1.82, 2.24) is 4.98 Å². The van der Waals surface area contributed by atoms with E-state index in [0.717, 1.165) is 0 Å². The van der Waals surface area contributed by atoms with Gasteiger partial charge in [0.25, 0.3) is 0 Å². The van der Waals surface area contributed by atoms with Crippen LogP contribution in [0.3, 0.4) is 0 Å². The minimum Gasteiger partial charge on any atom is -0.497 e. The van der Waals surface area contributed by atoms with E-state index in [1.807, 2.05) is 0 Å². The minimum atomic E-state index is -0.547. The van der Waals surface area contributed by atoms with Crippen LogP contribution in [-0.4, -0.2) is 25.2 Å². The number of H-pyrrole nitrogens is 1. The van der Waals surface area contributed by atoms with Gasteiger partial charge in [-0.2, -0.15) is 0 Å². The van der Waals surface area contributed by atoms with E-state index in [0.29, 0.717) is 34.0 Å². The van der Waals surface area contributed by atoms with E-state index in [9.17, 15) is 9.59 Å². The third kappa shape index (κ3) is 3.17. The summed E-state index contributed by atoms with van der Waals surface area (Å²) in [5, 5.41) is 5.34. The van der Waals surface area contributed by atoms with Gasteiger partial charge < -0.3 is 24.5 Å². The predicted octanol–water partition coefficient (Wildman–Crippen LogP) is 2.78. The number of fused-ring (bicyclic) bond motifs is 1. The van der Waals surface area contributed by atoms with Gasteiger partial charge in [0.15, 0.2) is 5.58 Å². The highest BCUT2D eigenvalue weighted by Crippen LogP contribution is 2.29. The van der Waals surface area contributed by atoms with E-state index in [-0.39, 0.29) is 0 Å². The molecule has 1 heterocycles. The molecule has 0 aliphatic carbocycles. The van der Waals surface area contributed by atoms with Crippen molar-refractivity contribution in [2.24, 2.45) is 0 Å². The smallest absolute Gasteiger partial charge is 0.417 e. The number of oxazole rings is 1. The lowest BCUT2D eigenvalue weighted by atomic mass is 10.2. The molecule has 2 amide bonds. The highest BCUT2D eigenvalue weighted by Gasteiger charge is 2.10. The maximum atomic E-state index is 12.1. The number of ether oxygens (including phenoxy) is 2. The Labute approximate surface area is 136 Å². The fraction of sp³-hybridized carbons (Fsp3) is 0.125. The van der Waals surface area contributed by atoms with Crippen molar-refractivity contribution in [2.45, 2.75) is 0 Å². The number of anilines is 2. The van der Waals surface area contributed by atoms with Gasteiger partial charge in [-0.15, -0.1) is 0 Å². The van der Waals surface area contributed by atoms with Crippen molar-refractivity contribution in [3.8, 4) is 11.5 Å². The summed E-state index contributed by atoms with van der Waals surface area (Å²) < 4.78 is 15.3. The molecule has 8 nitrogen and oxygen atoms in total. The molecule has 3 rings (SSSR count). The molecule has 24 heavy (non-hydrogen) atoms. The van der Waals surface area contributed by atoms with E-state index in [2.05, 4.69) is 15.6 Å². The number of benzene rings is 2. The van der Waals surface area contributed by atoms with Crippen LogP contribution in [0.25, 0.3) is 11.1 Å². The summed E-state index contributed by atoms with van der Waals surface area (Å²) in [6.07, 6.45) is 0. The number of hydrogen-bond donors (Lipinski definition) is 3. The quantitative estimate of drug-likeness (QED) is 0.682. The van der Waals surface area contributed by atoms with Crippen LogP contribution >= 0.6 is 0 Å². The number of carbonyl (C=O) groups excluding carboxylic acids is 1. The molecule has 3 aromatic rings. The molecule has 0 saturated heterocycles. The Kier molecular flexibility index (Phi) is 4.11. The molecule has 0 atom stereocenters. The first-order valence-electron chi connectivity index (χ1n) is 7.02. The van der Waals surface area contributed by atoms with Gasteiger partial charge in [0.2, 0.25) is 0 Å². The second-order valence-electron chi connectivity index (χ2n) is 4.87. The number of hydrogen-bond acceptors (Lipinski definition) is 5. The van der Waals surface area contributed by atoms with Crippen molar-refractivity contribution < 1.29 is 18.7 Å². The molecular formula is C16H15N3O5. The molecule has 0 saturated carbocycles. The molecule has 0 spiro atoms. The Morgan fingerprint density at radius 2 is 1.92 bits per heavy atom. The van der Waals surface area contributed by atoms with Gasteiger partial charge in [-0.3, -0.25) is 4.98 Å².